The average Bonchev–Trinajstić information content (AvgIpc) is 2.53. The molecule has 1 heterocycles. The summed E-state index contributed by atoms with van der Waals surface area (Å²) in [6.07, 6.45) is 3.26. The third-order valence-corrected chi connectivity index (χ3v) is 5.21. The van der Waals surface area contributed by atoms with Crippen LogP contribution in [0.15, 0.2) is 30.3 Å². The van der Waals surface area contributed by atoms with Crippen molar-refractivity contribution in [1.82, 2.24) is 10.6 Å². The molecule has 1 fully saturated rings. The van der Waals surface area contributed by atoms with E-state index in [1.54, 1.807) is 6.26 Å². The minimum absolute atomic E-state index is 0.0299. The van der Waals surface area contributed by atoms with Crippen LogP contribution in [0.5, 0.6) is 0 Å². The highest BCUT2D eigenvalue weighted by molar-refractivity contribution is 7.84. The number of rotatable bonds is 5. The Labute approximate surface area is 134 Å². The van der Waals surface area contributed by atoms with E-state index in [-0.39, 0.29) is 23.4 Å². The van der Waals surface area contributed by atoms with E-state index in [9.17, 15) is 9.00 Å². The van der Waals surface area contributed by atoms with E-state index in [0.29, 0.717) is 13.2 Å². The van der Waals surface area contributed by atoms with E-state index in [1.165, 1.54) is 0 Å². The van der Waals surface area contributed by atoms with Crippen molar-refractivity contribution in [2.45, 2.75) is 37.2 Å². The first kappa shape index (κ1) is 17.0. The molecule has 1 aliphatic heterocycles. The lowest BCUT2D eigenvalue weighted by Crippen LogP contribution is -2.46. The van der Waals surface area contributed by atoms with Gasteiger partial charge in [-0.15, -0.1) is 0 Å². The van der Waals surface area contributed by atoms with Gasteiger partial charge >= 0.3 is 6.03 Å². The number of amides is 2. The van der Waals surface area contributed by atoms with Crippen LogP contribution in [0.2, 0.25) is 0 Å². The van der Waals surface area contributed by atoms with Gasteiger partial charge in [0.25, 0.3) is 0 Å². The average molecular weight is 324 g/mol. The Kier molecular flexibility index (Phi) is 6.39. The summed E-state index contributed by atoms with van der Waals surface area (Å²) >= 11 is 0. The molecule has 0 bridgehead atoms. The second-order valence-corrected chi connectivity index (χ2v) is 7.46. The molecule has 22 heavy (non-hydrogen) atoms. The van der Waals surface area contributed by atoms with Crippen LogP contribution in [-0.4, -0.2) is 40.9 Å². The molecule has 0 aliphatic carbocycles. The monoisotopic (exact) mass is 324 g/mol. The van der Waals surface area contributed by atoms with Crippen molar-refractivity contribution >= 4 is 16.8 Å². The molecule has 4 atom stereocenters. The molecule has 0 saturated carbocycles. The Morgan fingerprint density at radius 2 is 2.14 bits per heavy atom. The highest BCUT2D eigenvalue weighted by atomic mass is 32.2. The van der Waals surface area contributed by atoms with Crippen molar-refractivity contribution < 1.29 is 13.7 Å². The van der Waals surface area contributed by atoms with E-state index in [0.717, 1.165) is 18.4 Å². The largest absolute Gasteiger partial charge is 0.373 e. The minimum atomic E-state index is -0.927. The van der Waals surface area contributed by atoms with Crippen molar-refractivity contribution in [2.24, 2.45) is 0 Å². The Bertz CT molecular complexity index is 509. The first-order valence-electron chi connectivity index (χ1n) is 7.59. The summed E-state index contributed by atoms with van der Waals surface area (Å²) in [6, 6.07) is 9.96. The molecule has 2 N–H and O–H groups in total. The van der Waals surface area contributed by atoms with Crippen LogP contribution in [0.1, 0.15) is 31.4 Å². The summed E-state index contributed by atoms with van der Waals surface area (Å²) in [6.45, 7) is 2.91. The summed E-state index contributed by atoms with van der Waals surface area (Å²) in [5, 5.41) is 5.72. The molecule has 0 radical (unpaired) electrons. The van der Waals surface area contributed by atoms with Gasteiger partial charge in [0.1, 0.15) is 0 Å². The topological polar surface area (TPSA) is 67.4 Å². The molecule has 1 aromatic rings. The molecular weight excluding hydrogens is 300 g/mol. The van der Waals surface area contributed by atoms with Crippen LogP contribution in [0.25, 0.3) is 0 Å². The number of benzene rings is 1. The number of carbonyl (C=O) groups excluding carboxylic acids is 1. The van der Waals surface area contributed by atoms with Gasteiger partial charge in [0, 0.05) is 41.5 Å². The Morgan fingerprint density at radius 3 is 2.82 bits per heavy atom. The van der Waals surface area contributed by atoms with Gasteiger partial charge in [0.05, 0.1) is 6.10 Å². The molecule has 6 heteroatoms. The second-order valence-electron chi connectivity index (χ2n) is 5.65. The van der Waals surface area contributed by atoms with Crippen molar-refractivity contribution in [3.8, 4) is 0 Å². The highest BCUT2D eigenvalue weighted by Crippen LogP contribution is 2.27. The molecule has 0 unspecified atom stereocenters. The fourth-order valence-electron chi connectivity index (χ4n) is 2.42. The molecule has 2 amide bonds. The predicted octanol–water partition coefficient (Wildman–Crippen LogP) is 1.97. The van der Waals surface area contributed by atoms with E-state index < -0.39 is 10.8 Å². The Morgan fingerprint density at radius 1 is 1.41 bits per heavy atom. The van der Waals surface area contributed by atoms with Crippen LogP contribution >= 0.6 is 0 Å². The predicted molar refractivity (Wildman–Crippen MR) is 88.2 cm³/mol. The summed E-state index contributed by atoms with van der Waals surface area (Å²) in [4.78, 5) is 11.9. The summed E-state index contributed by atoms with van der Waals surface area (Å²) in [7, 11) is -0.927. The first-order chi connectivity index (χ1) is 10.6. The molecular formula is C16H24N2O3S. The van der Waals surface area contributed by atoms with Crippen molar-refractivity contribution in [3.63, 3.8) is 0 Å². The maximum atomic E-state index is 11.9. The molecule has 0 spiro atoms. The highest BCUT2D eigenvalue weighted by Gasteiger charge is 2.25. The van der Waals surface area contributed by atoms with Crippen molar-refractivity contribution in [1.29, 1.82) is 0 Å². The van der Waals surface area contributed by atoms with E-state index in [1.807, 2.05) is 37.3 Å². The van der Waals surface area contributed by atoms with Crippen LogP contribution in [-0.2, 0) is 15.5 Å². The lowest BCUT2D eigenvalue weighted by molar-refractivity contribution is 0.00227. The fourth-order valence-corrected chi connectivity index (χ4v) is 2.74. The normalized spacial score (nSPS) is 24.3. The van der Waals surface area contributed by atoms with Gasteiger partial charge in [0.2, 0.25) is 0 Å². The number of carbonyl (C=O) groups is 1. The number of hydrogen-bond donors (Lipinski definition) is 2. The minimum Gasteiger partial charge on any atom is -0.373 e. The number of ether oxygens (including phenoxy) is 1. The molecule has 5 nitrogen and oxygen atoms in total. The molecule has 1 aromatic carbocycles. The fraction of sp³-hybridized carbons (Fsp3) is 0.562. The van der Waals surface area contributed by atoms with Gasteiger partial charge in [-0.1, -0.05) is 30.3 Å². The first-order valence-corrected chi connectivity index (χ1v) is 9.21. The van der Waals surface area contributed by atoms with Gasteiger partial charge < -0.3 is 15.4 Å². The lowest BCUT2D eigenvalue weighted by atomic mass is 9.97. The van der Waals surface area contributed by atoms with Gasteiger partial charge in [-0.05, 0) is 25.3 Å². The van der Waals surface area contributed by atoms with Gasteiger partial charge in [-0.25, -0.2) is 4.79 Å². The molecule has 0 aromatic heterocycles. The van der Waals surface area contributed by atoms with Crippen molar-refractivity contribution in [2.75, 3.05) is 19.4 Å². The smallest absolute Gasteiger partial charge is 0.315 e. The van der Waals surface area contributed by atoms with Crippen LogP contribution in [0.3, 0.4) is 0 Å². The maximum Gasteiger partial charge on any atom is 0.315 e. The third-order valence-electron chi connectivity index (χ3n) is 3.91. The second kappa shape index (κ2) is 8.29. The van der Waals surface area contributed by atoms with Crippen LogP contribution in [0, 0.1) is 0 Å². The van der Waals surface area contributed by atoms with E-state index >= 15 is 0 Å². The Hall–Kier alpha value is -1.40. The summed E-state index contributed by atoms with van der Waals surface area (Å²) < 4.78 is 17.1. The van der Waals surface area contributed by atoms with Gasteiger partial charge in [-0.2, -0.15) is 0 Å². The van der Waals surface area contributed by atoms with E-state index in [4.69, 9.17) is 4.74 Å². The van der Waals surface area contributed by atoms with E-state index in [2.05, 4.69) is 10.6 Å². The SMILES string of the molecule is C[C@H](CNC(=O)N[C@@H]1CCO[C@H](c2ccccc2)C1)[S@](C)=O. The lowest BCUT2D eigenvalue weighted by Gasteiger charge is -2.30. The maximum absolute atomic E-state index is 11.9. The zero-order valence-corrected chi connectivity index (χ0v) is 13.9. The zero-order valence-electron chi connectivity index (χ0n) is 13.1. The number of nitrogens with one attached hydrogen (secondary N) is 2. The molecule has 1 aliphatic rings. The Balaban J connectivity index is 1.80. The summed E-state index contributed by atoms with van der Waals surface area (Å²) in [5.74, 6) is 0. The third kappa shape index (κ3) is 5.10. The van der Waals surface area contributed by atoms with Gasteiger partial charge in [0.15, 0.2) is 0 Å². The van der Waals surface area contributed by atoms with Crippen LogP contribution < -0.4 is 10.6 Å². The number of hydrogen-bond acceptors (Lipinski definition) is 3. The summed E-state index contributed by atoms with van der Waals surface area (Å²) in [5.41, 5.74) is 1.14. The van der Waals surface area contributed by atoms with Crippen molar-refractivity contribution in [3.05, 3.63) is 35.9 Å². The standard InChI is InChI=1S/C16H24N2O3S/c1-12(22(2)20)11-17-16(19)18-14-8-9-21-15(10-14)13-6-4-3-5-7-13/h3-7,12,14-15H,8-11H2,1-2H3,(H2,17,18,19)/t12-,14-,15+,22+/m1/s1. The zero-order chi connectivity index (χ0) is 15.9. The molecule has 1 saturated heterocycles. The molecule has 2 rings (SSSR count). The van der Waals surface area contributed by atoms with Gasteiger partial charge in [-0.3, -0.25) is 4.21 Å². The van der Waals surface area contributed by atoms with Crippen LogP contribution in [0.4, 0.5) is 4.79 Å². The molecule has 122 valence electrons. The quantitative estimate of drug-likeness (QED) is 0.870. The number of urea groups is 1.